The van der Waals surface area contributed by atoms with Crippen molar-refractivity contribution in [3.63, 3.8) is 0 Å². The topological polar surface area (TPSA) is 93.8 Å². The first-order chi connectivity index (χ1) is 8.43. The van der Waals surface area contributed by atoms with Crippen molar-refractivity contribution < 1.29 is 19.4 Å². The van der Waals surface area contributed by atoms with E-state index in [4.69, 9.17) is 20.3 Å². The fourth-order valence-corrected chi connectivity index (χ4v) is 1.57. The van der Waals surface area contributed by atoms with Gasteiger partial charge in [0, 0.05) is 11.8 Å². The van der Waals surface area contributed by atoms with Gasteiger partial charge >= 0.3 is 0 Å². The molecule has 1 amide bonds. The van der Waals surface area contributed by atoms with Crippen molar-refractivity contribution in [1.82, 2.24) is 5.32 Å². The van der Waals surface area contributed by atoms with E-state index >= 15 is 0 Å². The summed E-state index contributed by atoms with van der Waals surface area (Å²) in [4.78, 5) is 12.0. The Kier molecular flexibility index (Phi) is 3.04. The lowest BCUT2D eigenvalue weighted by atomic mass is 10.1. The highest BCUT2D eigenvalue weighted by Crippen LogP contribution is 2.35. The number of nitrogens with two attached hydrogens (primary N) is 1. The molecule has 6 heteroatoms. The summed E-state index contributed by atoms with van der Waals surface area (Å²) >= 11 is 0. The van der Waals surface area contributed by atoms with Crippen LogP contribution in [0.4, 0.5) is 5.69 Å². The molecule has 0 spiro atoms. The van der Waals surface area contributed by atoms with Gasteiger partial charge in [-0.1, -0.05) is 0 Å². The van der Waals surface area contributed by atoms with Gasteiger partial charge in [0.15, 0.2) is 11.5 Å². The lowest BCUT2D eigenvalue weighted by Crippen LogP contribution is -2.46. The summed E-state index contributed by atoms with van der Waals surface area (Å²) in [7, 11) is 0. The summed E-state index contributed by atoms with van der Waals surface area (Å²) < 4.78 is 10.4. The van der Waals surface area contributed by atoms with Crippen LogP contribution in [0, 0.1) is 0 Å². The van der Waals surface area contributed by atoms with Crippen molar-refractivity contribution in [2.75, 3.05) is 19.1 Å². The van der Waals surface area contributed by atoms with Crippen LogP contribution in [0.25, 0.3) is 0 Å². The van der Waals surface area contributed by atoms with Crippen molar-refractivity contribution in [2.45, 2.75) is 19.4 Å². The molecule has 0 radical (unpaired) electrons. The van der Waals surface area contributed by atoms with Gasteiger partial charge in [0.2, 0.25) is 6.79 Å². The zero-order valence-corrected chi connectivity index (χ0v) is 10.3. The van der Waals surface area contributed by atoms with Gasteiger partial charge in [-0.3, -0.25) is 4.79 Å². The number of nitrogen functional groups attached to an aromatic ring is 1. The maximum atomic E-state index is 12.0. The Morgan fingerprint density at radius 3 is 2.67 bits per heavy atom. The molecule has 0 fully saturated rings. The number of anilines is 1. The van der Waals surface area contributed by atoms with E-state index in [1.165, 1.54) is 0 Å². The number of benzene rings is 1. The van der Waals surface area contributed by atoms with Crippen molar-refractivity contribution >= 4 is 11.6 Å². The van der Waals surface area contributed by atoms with Crippen molar-refractivity contribution in [3.8, 4) is 11.5 Å². The highest BCUT2D eigenvalue weighted by molar-refractivity contribution is 6.00. The van der Waals surface area contributed by atoms with Gasteiger partial charge in [-0.25, -0.2) is 0 Å². The van der Waals surface area contributed by atoms with Crippen LogP contribution in [0.2, 0.25) is 0 Å². The SMILES string of the molecule is CC(C)(CO)NC(=O)c1cc2c(cc1N)OCO2. The van der Waals surface area contributed by atoms with Gasteiger partial charge < -0.3 is 25.6 Å². The molecular weight excluding hydrogens is 236 g/mol. The van der Waals surface area contributed by atoms with Crippen LogP contribution in [-0.2, 0) is 0 Å². The average molecular weight is 252 g/mol. The van der Waals surface area contributed by atoms with Crippen molar-refractivity contribution in [3.05, 3.63) is 17.7 Å². The van der Waals surface area contributed by atoms with Crippen molar-refractivity contribution in [2.24, 2.45) is 0 Å². The summed E-state index contributed by atoms with van der Waals surface area (Å²) in [6.45, 7) is 3.40. The Bertz CT molecular complexity index is 485. The summed E-state index contributed by atoms with van der Waals surface area (Å²) in [5, 5.41) is 11.8. The third kappa shape index (κ3) is 2.33. The minimum atomic E-state index is -0.708. The second-order valence-electron chi connectivity index (χ2n) is 4.79. The van der Waals surface area contributed by atoms with Gasteiger partial charge in [-0.05, 0) is 19.9 Å². The molecule has 1 aliphatic rings. The summed E-state index contributed by atoms with van der Waals surface area (Å²) in [5.41, 5.74) is 5.70. The summed E-state index contributed by atoms with van der Waals surface area (Å²) in [6.07, 6.45) is 0. The number of carbonyl (C=O) groups excluding carboxylic acids is 1. The summed E-state index contributed by atoms with van der Waals surface area (Å²) in [5.74, 6) is 0.673. The average Bonchev–Trinajstić information content (AvgIpc) is 2.74. The molecule has 6 nitrogen and oxygen atoms in total. The van der Waals surface area contributed by atoms with Crippen LogP contribution in [0.1, 0.15) is 24.2 Å². The molecule has 0 saturated carbocycles. The van der Waals surface area contributed by atoms with Crippen molar-refractivity contribution in [1.29, 1.82) is 0 Å². The molecule has 1 aliphatic heterocycles. The predicted molar refractivity (Wildman–Crippen MR) is 65.6 cm³/mol. The van der Waals surface area contributed by atoms with E-state index in [1.54, 1.807) is 26.0 Å². The third-order valence-electron chi connectivity index (χ3n) is 2.64. The zero-order chi connectivity index (χ0) is 13.3. The minimum Gasteiger partial charge on any atom is -0.454 e. The predicted octanol–water partition coefficient (Wildman–Crippen LogP) is 0.498. The van der Waals surface area contributed by atoms with E-state index in [0.717, 1.165) is 0 Å². The quantitative estimate of drug-likeness (QED) is 0.681. The fraction of sp³-hybridized carbons (Fsp3) is 0.417. The molecule has 4 N–H and O–H groups in total. The fourth-order valence-electron chi connectivity index (χ4n) is 1.57. The normalized spacial score (nSPS) is 13.5. The number of hydrogen-bond donors (Lipinski definition) is 3. The summed E-state index contributed by atoms with van der Waals surface area (Å²) in [6, 6.07) is 3.10. The van der Waals surface area contributed by atoms with E-state index in [-0.39, 0.29) is 19.3 Å². The smallest absolute Gasteiger partial charge is 0.254 e. The molecule has 0 bridgehead atoms. The standard InChI is InChI=1S/C12H16N2O4/c1-12(2,5-15)14-11(16)7-3-9-10(4-8(7)13)18-6-17-9/h3-4,15H,5-6,13H2,1-2H3,(H,14,16). The van der Waals surface area contributed by atoms with Gasteiger partial charge in [-0.15, -0.1) is 0 Å². The Labute approximate surface area is 105 Å². The Morgan fingerprint density at radius 1 is 1.44 bits per heavy atom. The van der Waals surface area contributed by atoms with E-state index in [9.17, 15) is 4.79 Å². The Morgan fingerprint density at radius 2 is 2.06 bits per heavy atom. The van der Waals surface area contributed by atoms with E-state index in [2.05, 4.69) is 5.32 Å². The molecule has 98 valence electrons. The lowest BCUT2D eigenvalue weighted by molar-refractivity contribution is 0.0870. The lowest BCUT2D eigenvalue weighted by Gasteiger charge is -2.23. The molecule has 0 aliphatic carbocycles. The number of amides is 1. The molecule has 2 rings (SSSR count). The Hall–Kier alpha value is -1.95. The molecule has 0 aromatic heterocycles. The highest BCUT2D eigenvalue weighted by Gasteiger charge is 2.24. The first kappa shape index (κ1) is 12.5. The third-order valence-corrected chi connectivity index (χ3v) is 2.64. The number of carbonyl (C=O) groups is 1. The molecule has 0 unspecified atom stereocenters. The number of rotatable bonds is 3. The maximum absolute atomic E-state index is 12.0. The van der Waals surface area contributed by atoms with E-state index in [1.807, 2.05) is 0 Å². The zero-order valence-electron chi connectivity index (χ0n) is 10.3. The molecule has 1 aromatic rings. The number of aliphatic hydroxyl groups excluding tert-OH is 1. The molecule has 0 saturated heterocycles. The second kappa shape index (κ2) is 4.38. The van der Waals surface area contributed by atoms with Crippen LogP contribution in [0.5, 0.6) is 11.5 Å². The highest BCUT2D eigenvalue weighted by atomic mass is 16.7. The molecule has 18 heavy (non-hydrogen) atoms. The molecule has 1 aromatic carbocycles. The first-order valence-electron chi connectivity index (χ1n) is 5.55. The second-order valence-corrected chi connectivity index (χ2v) is 4.79. The number of nitrogens with one attached hydrogen (secondary N) is 1. The van der Waals surface area contributed by atoms with Crippen LogP contribution in [0.15, 0.2) is 12.1 Å². The van der Waals surface area contributed by atoms with Gasteiger partial charge in [-0.2, -0.15) is 0 Å². The molecular formula is C12H16N2O4. The number of aliphatic hydroxyl groups is 1. The number of fused-ring (bicyclic) bond motifs is 1. The Balaban J connectivity index is 2.26. The monoisotopic (exact) mass is 252 g/mol. The van der Waals surface area contributed by atoms with E-state index in [0.29, 0.717) is 22.7 Å². The van der Waals surface area contributed by atoms with Crippen LogP contribution in [-0.4, -0.2) is 30.0 Å². The van der Waals surface area contributed by atoms with Gasteiger partial charge in [0.25, 0.3) is 5.91 Å². The van der Waals surface area contributed by atoms with Gasteiger partial charge in [0.05, 0.1) is 17.7 Å². The number of hydrogen-bond acceptors (Lipinski definition) is 5. The largest absolute Gasteiger partial charge is 0.454 e. The van der Waals surface area contributed by atoms with Gasteiger partial charge in [0.1, 0.15) is 0 Å². The van der Waals surface area contributed by atoms with Crippen LogP contribution < -0.4 is 20.5 Å². The van der Waals surface area contributed by atoms with E-state index < -0.39 is 5.54 Å². The number of ether oxygens (including phenoxy) is 2. The molecule has 1 heterocycles. The maximum Gasteiger partial charge on any atom is 0.254 e. The van der Waals surface area contributed by atoms with Crippen LogP contribution >= 0.6 is 0 Å². The van der Waals surface area contributed by atoms with Crippen LogP contribution in [0.3, 0.4) is 0 Å². The minimum absolute atomic E-state index is 0.127. The first-order valence-corrected chi connectivity index (χ1v) is 5.55. The molecule has 0 atom stereocenters.